The first kappa shape index (κ1) is 26.4. The average Bonchev–Trinajstić information content (AvgIpc) is 3.18. The van der Waals surface area contributed by atoms with Crippen molar-refractivity contribution in [3.63, 3.8) is 0 Å². The van der Waals surface area contributed by atoms with E-state index in [0.717, 1.165) is 43.4 Å². The van der Waals surface area contributed by atoms with E-state index in [4.69, 9.17) is 4.74 Å². The number of nitrogens with one attached hydrogen (secondary N) is 1. The molecule has 34 heavy (non-hydrogen) atoms. The highest BCUT2D eigenvalue weighted by Gasteiger charge is 2.31. The summed E-state index contributed by atoms with van der Waals surface area (Å²) >= 11 is 0. The van der Waals surface area contributed by atoms with E-state index >= 15 is 0 Å². The van der Waals surface area contributed by atoms with E-state index in [0.29, 0.717) is 37.1 Å². The lowest BCUT2D eigenvalue weighted by Gasteiger charge is -2.34. The summed E-state index contributed by atoms with van der Waals surface area (Å²) in [7, 11) is 0. The number of nitrogens with zero attached hydrogens (tertiary/aromatic N) is 2. The number of pyridine rings is 1. The van der Waals surface area contributed by atoms with Gasteiger partial charge >= 0.3 is 0 Å². The van der Waals surface area contributed by atoms with Gasteiger partial charge in [-0.05, 0) is 61.6 Å². The summed E-state index contributed by atoms with van der Waals surface area (Å²) in [5, 5.41) is 4.44. The first-order valence-electron chi connectivity index (χ1n) is 11.2. The molecule has 5 rings (SSSR count). The Bertz CT molecular complexity index is 1180. The molecule has 2 aliphatic heterocycles. The zero-order valence-electron chi connectivity index (χ0n) is 18.7. The van der Waals surface area contributed by atoms with Gasteiger partial charge in [0.1, 0.15) is 24.0 Å². The Hall–Kier alpha value is -2.19. The maximum atomic E-state index is 14.7. The first-order valence-corrected chi connectivity index (χ1v) is 11.2. The van der Waals surface area contributed by atoms with Crippen LogP contribution >= 0.6 is 24.8 Å². The molecule has 1 N–H and O–H groups in total. The third kappa shape index (κ3) is 5.54. The van der Waals surface area contributed by atoms with Gasteiger partial charge in [0.2, 0.25) is 0 Å². The molecule has 1 aromatic heterocycles. The van der Waals surface area contributed by atoms with Gasteiger partial charge in [-0.3, -0.25) is 4.79 Å². The Morgan fingerprint density at radius 3 is 2.56 bits per heavy atom. The third-order valence-corrected chi connectivity index (χ3v) is 6.61. The Kier molecular flexibility index (Phi) is 8.93. The first-order chi connectivity index (χ1) is 15.6. The second kappa shape index (κ2) is 11.5. The number of rotatable bonds is 7. The Balaban J connectivity index is 0.00000162. The number of piperidine rings is 1. The number of hydrogen-bond acceptors (Lipinski definition) is 4. The molecule has 184 valence electrons. The van der Waals surface area contributed by atoms with Crippen LogP contribution in [0.5, 0.6) is 5.75 Å². The summed E-state index contributed by atoms with van der Waals surface area (Å²) in [5.74, 6) is 0.0295. The highest BCUT2D eigenvalue weighted by molar-refractivity contribution is 5.86. The van der Waals surface area contributed by atoms with Gasteiger partial charge in [0, 0.05) is 49.3 Å². The molecule has 0 spiro atoms. The van der Waals surface area contributed by atoms with Crippen LogP contribution in [0.15, 0.2) is 53.3 Å². The van der Waals surface area contributed by atoms with Crippen molar-refractivity contribution in [2.45, 2.75) is 31.3 Å². The van der Waals surface area contributed by atoms with Gasteiger partial charge in [-0.25, -0.2) is 8.78 Å². The van der Waals surface area contributed by atoms with Gasteiger partial charge in [-0.15, -0.1) is 24.8 Å². The summed E-state index contributed by atoms with van der Waals surface area (Å²) in [6, 6.07) is 13.2. The monoisotopic (exact) mass is 511 g/mol. The Morgan fingerprint density at radius 1 is 1.03 bits per heavy atom. The minimum atomic E-state index is -0.297. The molecule has 0 radical (unpaired) electrons. The fourth-order valence-electron chi connectivity index (χ4n) is 5.05. The highest BCUT2D eigenvalue weighted by atomic mass is 35.5. The zero-order valence-corrected chi connectivity index (χ0v) is 20.3. The molecule has 0 unspecified atom stereocenters. The van der Waals surface area contributed by atoms with Gasteiger partial charge in [0.15, 0.2) is 0 Å². The number of hydrogen-bond donors (Lipinski definition) is 1. The molecule has 0 aliphatic carbocycles. The number of ether oxygens (including phenoxy) is 1. The average molecular weight is 512 g/mol. The van der Waals surface area contributed by atoms with Crippen LogP contribution in [-0.2, 0) is 6.54 Å². The largest absolute Gasteiger partial charge is 0.492 e. The zero-order chi connectivity index (χ0) is 22.1. The molecule has 9 heteroatoms. The Morgan fingerprint density at radius 2 is 1.79 bits per heavy atom. The van der Waals surface area contributed by atoms with E-state index in [1.54, 1.807) is 34.9 Å². The van der Waals surface area contributed by atoms with E-state index in [-0.39, 0.29) is 47.9 Å². The summed E-state index contributed by atoms with van der Waals surface area (Å²) in [6.45, 7) is 4.36. The van der Waals surface area contributed by atoms with Crippen molar-refractivity contribution < 1.29 is 13.5 Å². The molecule has 2 aromatic carbocycles. The second-order valence-corrected chi connectivity index (χ2v) is 8.71. The highest BCUT2D eigenvalue weighted by Crippen LogP contribution is 2.35. The maximum Gasteiger partial charge on any atom is 0.251 e. The quantitative estimate of drug-likeness (QED) is 0.479. The standard InChI is InChI=1S/C25H27F2N3O2.2ClH/c26-19-2-1-3-21(14-19)32-13-10-28-20-8-11-29(12-9-20)15-18-16-30-23(31)7-5-17-4-6-22(27)24(18)25(17)30;;/h1-7,14,18,20,28H,8-13,15-16H2;2*1H/t18-;;/m1../s1. The Labute approximate surface area is 209 Å². The van der Waals surface area contributed by atoms with Crippen molar-refractivity contribution in [2.75, 3.05) is 32.8 Å². The molecule has 5 nitrogen and oxygen atoms in total. The summed E-state index contributed by atoms with van der Waals surface area (Å²) in [6.07, 6.45) is 2.01. The van der Waals surface area contributed by atoms with E-state index in [9.17, 15) is 13.6 Å². The van der Waals surface area contributed by atoms with Crippen molar-refractivity contribution in [3.05, 3.63) is 76.1 Å². The third-order valence-electron chi connectivity index (χ3n) is 6.61. The topological polar surface area (TPSA) is 46.5 Å². The molecule has 3 aromatic rings. The lowest BCUT2D eigenvalue weighted by molar-refractivity contribution is 0.181. The molecule has 1 saturated heterocycles. The van der Waals surface area contributed by atoms with Crippen LogP contribution in [0.2, 0.25) is 0 Å². The molecule has 0 saturated carbocycles. The molecular weight excluding hydrogens is 483 g/mol. The molecule has 0 amide bonds. The van der Waals surface area contributed by atoms with Crippen LogP contribution in [0.3, 0.4) is 0 Å². The predicted octanol–water partition coefficient (Wildman–Crippen LogP) is 4.35. The van der Waals surface area contributed by atoms with Crippen LogP contribution < -0.4 is 15.6 Å². The van der Waals surface area contributed by atoms with E-state index in [1.807, 2.05) is 0 Å². The van der Waals surface area contributed by atoms with Crippen LogP contribution in [0.1, 0.15) is 24.3 Å². The number of benzene rings is 2. The van der Waals surface area contributed by atoms with Gasteiger partial charge in [0.25, 0.3) is 5.56 Å². The van der Waals surface area contributed by atoms with Gasteiger partial charge in [-0.2, -0.15) is 0 Å². The fraction of sp³-hybridized carbons (Fsp3) is 0.400. The lowest BCUT2D eigenvalue weighted by atomic mass is 9.97. The molecule has 1 fully saturated rings. The van der Waals surface area contributed by atoms with E-state index in [1.165, 1.54) is 18.2 Å². The van der Waals surface area contributed by atoms with Crippen molar-refractivity contribution >= 4 is 35.7 Å². The van der Waals surface area contributed by atoms with E-state index in [2.05, 4.69) is 10.2 Å². The van der Waals surface area contributed by atoms with Crippen LogP contribution in [0, 0.1) is 11.6 Å². The van der Waals surface area contributed by atoms with Crippen LogP contribution in [-0.4, -0.2) is 48.3 Å². The maximum absolute atomic E-state index is 14.7. The SMILES string of the molecule is Cl.Cl.O=c1ccc2ccc(F)c3c2n1C[C@H]3CN1CCC(NCCOc2cccc(F)c2)CC1. The van der Waals surface area contributed by atoms with Gasteiger partial charge < -0.3 is 19.5 Å². The summed E-state index contributed by atoms with van der Waals surface area (Å²) in [5.41, 5.74) is 1.39. The van der Waals surface area contributed by atoms with Crippen molar-refractivity contribution in [2.24, 2.45) is 0 Å². The molecular formula is C25H29Cl2F2N3O2. The number of likely N-dealkylation sites (tertiary alicyclic amines) is 1. The van der Waals surface area contributed by atoms with Gasteiger partial charge in [-0.1, -0.05) is 6.07 Å². The lowest BCUT2D eigenvalue weighted by Crippen LogP contribution is -2.44. The molecule has 3 heterocycles. The van der Waals surface area contributed by atoms with Gasteiger partial charge in [0.05, 0.1) is 5.52 Å². The fourth-order valence-corrected chi connectivity index (χ4v) is 5.05. The van der Waals surface area contributed by atoms with Crippen LogP contribution in [0.25, 0.3) is 10.9 Å². The smallest absolute Gasteiger partial charge is 0.251 e. The molecule has 1 atom stereocenters. The van der Waals surface area contributed by atoms with Crippen LogP contribution in [0.4, 0.5) is 8.78 Å². The minimum absolute atomic E-state index is 0. The minimum Gasteiger partial charge on any atom is -0.492 e. The normalized spacial score (nSPS) is 17.9. The molecule has 2 aliphatic rings. The predicted molar refractivity (Wildman–Crippen MR) is 135 cm³/mol. The number of aromatic nitrogens is 1. The summed E-state index contributed by atoms with van der Waals surface area (Å²) in [4.78, 5) is 14.7. The van der Waals surface area contributed by atoms with Crippen molar-refractivity contribution in [3.8, 4) is 5.75 Å². The van der Waals surface area contributed by atoms with Crippen molar-refractivity contribution in [1.82, 2.24) is 14.8 Å². The number of halogens is 4. The van der Waals surface area contributed by atoms with E-state index < -0.39 is 0 Å². The second-order valence-electron chi connectivity index (χ2n) is 8.71. The van der Waals surface area contributed by atoms with Crippen molar-refractivity contribution in [1.29, 1.82) is 0 Å². The molecule has 0 bridgehead atoms. The summed E-state index contributed by atoms with van der Waals surface area (Å²) < 4.78 is 35.2.